The minimum Gasteiger partial charge on any atom is -0.388 e. The Morgan fingerprint density at radius 3 is 2.48 bits per heavy atom. The highest BCUT2D eigenvalue weighted by atomic mass is 35.5. The second-order valence-corrected chi connectivity index (χ2v) is 5.96. The average molecular weight is 332 g/mol. The Kier molecular flexibility index (Phi) is 6.63. The first-order valence-electron chi connectivity index (χ1n) is 7.88. The Morgan fingerprint density at radius 1 is 1.13 bits per heavy atom. The normalized spacial score (nSPS) is 13.3. The van der Waals surface area contributed by atoms with Crippen molar-refractivity contribution in [3.05, 3.63) is 70.7 Å². The minimum absolute atomic E-state index is 0.00278. The van der Waals surface area contributed by atoms with E-state index in [1.54, 1.807) is 12.1 Å². The van der Waals surface area contributed by atoms with Crippen molar-refractivity contribution < 1.29 is 9.90 Å². The van der Waals surface area contributed by atoms with Gasteiger partial charge >= 0.3 is 0 Å². The highest BCUT2D eigenvalue weighted by Gasteiger charge is 2.18. The van der Waals surface area contributed by atoms with Crippen LogP contribution in [0.15, 0.2) is 54.6 Å². The number of carbonyl (C=O) groups is 1. The third kappa shape index (κ3) is 5.08. The van der Waals surface area contributed by atoms with Crippen molar-refractivity contribution in [2.45, 2.75) is 31.8 Å². The number of benzene rings is 2. The minimum atomic E-state index is -0.634. The zero-order valence-electron chi connectivity index (χ0n) is 13.2. The molecule has 0 aliphatic heterocycles. The standard InChI is InChI=1S/C19H22ClNO2/c1-2-17(14-7-4-3-5-8-14)19(23)21-12-11-18(22)15-9-6-10-16(20)13-15/h3-10,13,17-18,22H,2,11-12H2,1H3,(H,21,23). The molecule has 2 rings (SSSR count). The quantitative estimate of drug-likeness (QED) is 0.803. The Morgan fingerprint density at radius 2 is 1.83 bits per heavy atom. The van der Waals surface area contributed by atoms with Crippen molar-refractivity contribution in [2.75, 3.05) is 6.54 Å². The summed E-state index contributed by atoms with van der Waals surface area (Å²) in [5.41, 5.74) is 1.78. The molecule has 4 heteroatoms. The van der Waals surface area contributed by atoms with Gasteiger partial charge in [0.05, 0.1) is 12.0 Å². The fraction of sp³-hybridized carbons (Fsp3) is 0.316. The van der Waals surface area contributed by atoms with Crippen molar-refractivity contribution in [1.82, 2.24) is 5.32 Å². The van der Waals surface area contributed by atoms with Crippen molar-refractivity contribution in [2.24, 2.45) is 0 Å². The maximum atomic E-state index is 12.3. The molecule has 2 aromatic carbocycles. The Labute approximate surface area is 142 Å². The molecule has 1 amide bonds. The summed E-state index contributed by atoms with van der Waals surface area (Å²) >= 11 is 5.92. The average Bonchev–Trinajstić information content (AvgIpc) is 2.56. The van der Waals surface area contributed by atoms with Crippen molar-refractivity contribution in [3.8, 4) is 0 Å². The molecule has 2 unspecified atom stereocenters. The van der Waals surface area contributed by atoms with Gasteiger partial charge < -0.3 is 10.4 Å². The molecule has 0 saturated heterocycles. The van der Waals surface area contributed by atoms with Crippen LogP contribution in [0.2, 0.25) is 5.02 Å². The van der Waals surface area contributed by atoms with Crippen LogP contribution in [-0.4, -0.2) is 17.6 Å². The van der Waals surface area contributed by atoms with Gasteiger partial charge in [-0.2, -0.15) is 0 Å². The van der Waals surface area contributed by atoms with E-state index in [1.165, 1.54) is 0 Å². The van der Waals surface area contributed by atoms with Gasteiger partial charge in [0, 0.05) is 11.6 Å². The number of aliphatic hydroxyl groups is 1. The highest BCUT2D eigenvalue weighted by Crippen LogP contribution is 2.21. The summed E-state index contributed by atoms with van der Waals surface area (Å²) in [6, 6.07) is 16.9. The predicted molar refractivity (Wildman–Crippen MR) is 93.5 cm³/mol. The van der Waals surface area contributed by atoms with Gasteiger partial charge in [-0.15, -0.1) is 0 Å². The van der Waals surface area contributed by atoms with Crippen LogP contribution in [0.5, 0.6) is 0 Å². The number of amides is 1. The first-order chi connectivity index (χ1) is 11.1. The number of halogens is 1. The topological polar surface area (TPSA) is 49.3 Å². The third-order valence-electron chi connectivity index (χ3n) is 3.88. The number of aliphatic hydroxyl groups excluding tert-OH is 1. The van der Waals surface area contributed by atoms with Gasteiger partial charge in [-0.25, -0.2) is 0 Å². The lowest BCUT2D eigenvalue weighted by molar-refractivity contribution is -0.122. The summed E-state index contributed by atoms with van der Waals surface area (Å²) in [6.45, 7) is 2.42. The molecule has 0 heterocycles. The molecule has 2 atom stereocenters. The van der Waals surface area contributed by atoms with Gasteiger partial charge in [-0.1, -0.05) is 61.0 Å². The summed E-state index contributed by atoms with van der Waals surface area (Å²) in [5.74, 6) is -0.156. The molecule has 0 bridgehead atoms. The molecule has 122 valence electrons. The van der Waals surface area contributed by atoms with Crippen molar-refractivity contribution in [3.63, 3.8) is 0 Å². The molecule has 0 radical (unpaired) electrons. The van der Waals surface area contributed by atoms with Crippen LogP contribution < -0.4 is 5.32 Å². The molecule has 0 aliphatic carbocycles. The van der Waals surface area contributed by atoms with E-state index >= 15 is 0 Å². The summed E-state index contributed by atoms with van der Waals surface area (Å²) in [5, 5.41) is 13.7. The van der Waals surface area contributed by atoms with Gasteiger partial charge in [-0.05, 0) is 36.1 Å². The number of nitrogens with one attached hydrogen (secondary N) is 1. The molecule has 0 fully saturated rings. The maximum Gasteiger partial charge on any atom is 0.227 e. The molecule has 0 aliphatic rings. The smallest absolute Gasteiger partial charge is 0.227 e. The lowest BCUT2D eigenvalue weighted by atomic mass is 9.95. The van der Waals surface area contributed by atoms with Crippen LogP contribution in [-0.2, 0) is 4.79 Å². The zero-order valence-corrected chi connectivity index (χ0v) is 14.0. The Balaban J connectivity index is 1.86. The van der Waals surface area contributed by atoms with E-state index in [4.69, 9.17) is 11.6 Å². The van der Waals surface area contributed by atoms with Gasteiger partial charge in [-0.3, -0.25) is 4.79 Å². The van der Waals surface area contributed by atoms with E-state index in [2.05, 4.69) is 5.32 Å². The first kappa shape index (κ1) is 17.5. The summed E-state index contributed by atoms with van der Waals surface area (Å²) < 4.78 is 0. The molecule has 0 saturated carbocycles. The second kappa shape index (κ2) is 8.70. The van der Waals surface area contributed by atoms with E-state index < -0.39 is 6.10 Å². The lowest BCUT2D eigenvalue weighted by Crippen LogP contribution is -2.30. The summed E-state index contributed by atoms with van der Waals surface area (Å²) in [4.78, 5) is 12.3. The van der Waals surface area contributed by atoms with Crippen molar-refractivity contribution in [1.29, 1.82) is 0 Å². The number of hydrogen-bond donors (Lipinski definition) is 2. The van der Waals surface area contributed by atoms with Crippen LogP contribution in [0.1, 0.15) is 42.9 Å². The molecule has 0 aromatic heterocycles. The Hall–Kier alpha value is -1.84. The van der Waals surface area contributed by atoms with Crippen molar-refractivity contribution >= 4 is 17.5 Å². The second-order valence-electron chi connectivity index (χ2n) is 5.52. The highest BCUT2D eigenvalue weighted by molar-refractivity contribution is 6.30. The molecular weight excluding hydrogens is 310 g/mol. The van der Waals surface area contributed by atoms with Gasteiger partial charge in [0.2, 0.25) is 5.91 Å². The maximum absolute atomic E-state index is 12.3. The summed E-state index contributed by atoms with van der Waals surface area (Å²) in [6.07, 6.45) is 0.565. The largest absolute Gasteiger partial charge is 0.388 e. The molecule has 0 spiro atoms. The molecule has 2 N–H and O–H groups in total. The van der Waals surface area contributed by atoms with Gasteiger partial charge in [0.25, 0.3) is 0 Å². The van der Waals surface area contributed by atoms with Gasteiger partial charge in [0.1, 0.15) is 0 Å². The fourth-order valence-corrected chi connectivity index (χ4v) is 2.79. The van der Waals surface area contributed by atoms with E-state index in [9.17, 15) is 9.90 Å². The number of hydrogen-bond acceptors (Lipinski definition) is 2. The predicted octanol–water partition coefficient (Wildman–Crippen LogP) is 4.07. The number of carbonyl (C=O) groups excluding carboxylic acids is 1. The molecule has 23 heavy (non-hydrogen) atoms. The van der Waals surface area contributed by atoms with Crippen LogP contribution >= 0.6 is 11.6 Å². The van der Waals surface area contributed by atoms with Crippen LogP contribution in [0, 0.1) is 0 Å². The SMILES string of the molecule is CCC(C(=O)NCCC(O)c1cccc(Cl)c1)c1ccccc1. The van der Waals surface area contributed by atoms with E-state index in [1.807, 2.05) is 49.4 Å². The summed E-state index contributed by atoms with van der Waals surface area (Å²) in [7, 11) is 0. The van der Waals surface area contributed by atoms with E-state index in [0.29, 0.717) is 18.0 Å². The van der Waals surface area contributed by atoms with E-state index in [0.717, 1.165) is 17.5 Å². The lowest BCUT2D eigenvalue weighted by Gasteiger charge is -2.17. The molecular formula is C19H22ClNO2. The third-order valence-corrected chi connectivity index (χ3v) is 4.11. The zero-order chi connectivity index (χ0) is 16.7. The Bertz CT molecular complexity index is 630. The van der Waals surface area contributed by atoms with Gasteiger partial charge in [0.15, 0.2) is 0 Å². The van der Waals surface area contributed by atoms with Crippen LogP contribution in [0.3, 0.4) is 0 Å². The van der Waals surface area contributed by atoms with E-state index in [-0.39, 0.29) is 11.8 Å². The van der Waals surface area contributed by atoms with Crippen LogP contribution in [0.4, 0.5) is 0 Å². The molecule has 3 nitrogen and oxygen atoms in total. The fourth-order valence-electron chi connectivity index (χ4n) is 2.59. The monoisotopic (exact) mass is 331 g/mol. The first-order valence-corrected chi connectivity index (χ1v) is 8.25. The van der Waals surface area contributed by atoms with Crippen LogP contribution in [0.25, 0.3) is 0 Å². The number of rotatable bonds is 7. The molecule has 2 aromatic rings.